The van der Waals surface area contributed by atoms with Gasteiger partial charge in [-0.1, -0.05) is 11.8 Å². The van der Waals surface area contributed by atoms with Gasteiger partial charge in [-0.15, -0.1) is 0 Å². The Hall–Kier alpha value is -0.610. The molecule has 10 heteroatoms. The first-order chi connectivity index (χ1) is 8.81. The van der Waals surface area contributed by atoms with E-state index in [4.69, 9.17) is 10.8 Å². The number of nitrogens with one attached hydrogen (secondary N) is 1. The average Bonchev–Trinajstić information content (AvgIpc) is 2.30. The van der Waals surface area contributed by atoms with Gasteiger partial charge in [0, 0.05) is 18.1 Å². The van der Waals surface area contributed by atoms with E-state index in [0.29, 0.717) is 0 Å². The minimum absolute atomic E-state index is 0. The molecule has 0 radical (unpaired) electrons. The van der Waals surface area contributed by atoms with Gasteiger partial charge < -0.3 is 31.2 Å². The van der Waals surface area contributed by atoms with Crippen LogP contribution in [0.4, 0.5) is 5.69 Å². The van der Waals surface area contributed by atoms with Crippen LogP contribution in [0.1, 0.15) is 16.8 Å². The monoisotopic (exact) mass is 312 g/mol. The third-order valence-corrected chi connectivity index (χ3v) is 2.20. The number of amides is 1. The minimum Gasteiger partial charge on any atom is -0.872 e. The molecular formula is C11H10N2Na2O6. The van der Waals surface area contributed by atoms with Crippen molar-refractivity contribution in [3.63, 3.8) is 0 Å². The Morgan fingerprint density at radius 1 is 1.29 bits per heavy atom. The van der Waals surface area contributed by atoms with E-state index < -0.39 is 41.6 Å². The minimum atomic E-state index is -1.48. The SMILES string of the molecule is N[C@@H](CC(=O)[O-])C(=O)Nc1ccc([O-])c(C(=O)O)c1.[Na+].[Na+]. The zero-order chi connectivity index (χ0) is 14.6. The summed E-state index contributed by atoms with van der Waals surface area (Å²) in [6, 6.07) is 1.81. The van der Waals surface area contributed by atoms with Gasteiger partial charge in [0.05, 0.1) is 11.6 Å². The first-order valence-corrected chi connectivity index (χ1v) is 5.12. The summed E-state index contributed by atoms with van der Waals surface area (Å²) in [5, 5.41) is 32.4. The molecule has 0 heterocycles. The summed E-state index contributed by atoms with van der Waals surface area (Å²) in [5.41, 5.74) is 4.81. The van der Waals surface area contributed by atoms with Crippen LogP contribution in [0.2, 0.25) is 0 Å². The number of hydrogen-bond acceptors (Lipinski definition) is 6. The Balaban J connectivity index is 0. The van der Waals surface area contributed by atoms with Crippen LogP contribution in [0.15, 0.2) is 18.2 Å². The Bertz CT molecular complexity index is 537. The predicted molar refractivity (Wildman–Crippen MR) is 59.1 cm³/mol. The Labute approximate surface area is 164 Å². The molecule has 0 aliphatic carbocycles. The van der Waals surface area contributed by atoms with E-state index >= 15 is 0 Å². The molecule has 0 aliphatic heterocycles. The number of aliphatic carboxylic acids is 1. The van der Waals surface area contributed by atoms with Crippen LogP contribution in [0.5, 0.6) is 5.75 Å². The van der Waals surface area contributed by atoms with Gasteiger partial charge in [0.25, 0.3) is 0 Å². The second-order valence-corrected chi connectivity index (χ2v) is 3.69. The normalized spacial score (nSPS) is 10.5. The van der Waals surface area contributed by atoms with Gasteiger partial charge in [-0.3, -0.25) is 4.79 Å². The van der Waals surface area contributed by atoms with Crippen LogP contribution < -0.4 is 80.4 Å². The third kappa shape index (κ3) is 7.28. The second-order valence-electron chi connectivity index (χ2n) is 3.69. The number of carboxylic acid groups (broad SMARTS) is 2. The van der Waals surface area contributed by atoms with E-state index in [1.807, 2.05) is 0 Å². The molecule has 0 saturated carbocycles. The van der Waals surface area contributed by atoms with Gasteiger partial charge in [0.2, 0.25) is 5.91 Å². The van der Waals surface area contributed by atoms with E-state index in [9.17, 15) is 24.6 Å². The van der Waals surface area contributed by atoms with Crippen LogP contribution in [0.3, 0.4) is 0 Å². The molecule has 1 amide bonds. The molecule has 0 aliphatic rings. The van der Waals surface area contributed by atoms with Gasteiger partial charge in [-0.05, 0) is 12.1 Å². The molecule has 0 fully saturated rings. The van der Waals surface area contributed by atoms with Crippen LogP contribution >= 0.6 is 0 Å². The number of aromatic carboxylic acids is 1. The van der Waals surface area contributed by atoms with E-state index in [-0.39, 0.29) is 64.8 Å². The maximum absolute atomic E-state index is 11.5. The fourth-order valence-electron chi connectivity index (χ4n) is 1.28. The number of carbonyl (C=O) groups excluding carboxylic acids is 2. The van der Waals surface area contributed by atoms with Crippen LogP contribution in [-0.2, 0) is 9.59 Å². The zero-order valence-electron chi connectivity index (χ0n) is 11.6. The maximum atomic E-state index is 11.5. The van der Waals surface area contributed by atoms with Crippen molar-refractivity contribution >= 4 is 23.5 Å². The Morgan fingerprint density at radius 2 is 1.86 bits per heavy atom. The van der Waals surface area contributed by atoms with Crippen LogP contribution in [0, 0.1) is 0 Å². The quantitative estimate of drug-likeness (QED) is 0.456. The molecule has 8 nitrogen and oxygen atoms in total. The molecule has 0 aromatic heterocycles. The predicted octanol–water partition coefficient (Wildman–Crippen LogP) is -8.13. The van der Waals surface area contributed by atoms with Crippen LogP contribution in [-0.4, -0.2) is 29.0 Å². The number of hydrogen-bond donors (Lipinski definition) is 3. The third-order valence-electron chi connectivity index (χ3n) is 2.20. The number of rotatable bonds is 5. The van der Waals surface area contributed by atoms with Crippen molar-refractivity contribution in [1.82, 2.24) is 0 Å². The van der Waals surface area contributed by atoms with E-state index in [0.717, 1.165) is 12.1 Å². The van der Waals surface area contributed by atoms with Crippen molar-refractivity contribution < 1.29 is 88.8 Å². The molecule has 102 valence electrons. The summed E-state index contributed by atoms with van der Waals surface area (Å²) < 4.78 is 0. The molecule has 21 heavy (non-hydrogen) atoms. The largest absolute Gasteiger partial charge is 1.00 e. The topological polar surface area (TPSA) is 156 Å². The number of carboxylic acids is 2. The van der Waals surface area contributed by atoms with E-state index in [1.165, 1.54) is 6.07 Å². The smallest absolute Gasteiger partial charge is 0.872 e. The summed E-state index contributed by atoms with van der Waals surface area (Å²) in [6.45, 7) is 0. The van der Waals surface area contributed by atoms with Gasteiger partial charge >= 0.3 is 65.1 Å². The summed E-state index contributed by atoms with van der Waals surface area (Å²) in [4.78, 5) is 32.4. The van der Waals surface area contributed by atoms with Crippen molar-refractivity contribution in [1.29, 1.82) is 0 Å². The molecule has 4 N–H and O–H groups in total. The van der Waals surface area contributed by atoms with Crippen molar-refractivity contribution in [3.8, 4) is 5.75 Å². The first kappa shape index (κ1) is 22.7. The van der Waals surface area contributed by atoms with Crippen molar-refractivity contribution in [3.05, 3.63) is 23.8 Å². The molecule has 0 saturated heterocycles. The van der Waals surface area contributed by atoms with Crippen molar-refractivity contribution in [2.24, 2.45) is 5.73 Å². The molecule has 0 spiro atoms. The summed E-state index contributed by atoms with van der Waals surface area (Å²) in [7, 11) is 0. The first-order valence-electron chi connectivity index (χ1n) is 5.12. The van der Waals surface area contributed by atoms with Crippen molar-refractivity contribution in [2.75, 3.05) is 5.32 Å². The average molecular weight is 312 g/mol. The molecular weight excluding hydrogens is 302 g/mol. The van der Waals surface area contributed by atoms with E-state index in [2.05, 4.69) is 5.32 Å². The number of nitrogens with two attached hydrogens (primary N) is 1. The molecule has 1 aromatic carbocycles. The Kier molecular flexibility index (Phi) is 11.0. The van der Waals surface area contributed by atoms with E-state index in [1.54, 1.807) is 0 Å². The standard InChI is InChI=1S/C11H12N2O6.2Na/c12-7(4-9(15)16)10(17)13-5-1-2-8(14)6(3-5)11(18)19;;/h1-3,7,14H,4,12H2,(H,13,17)(H,15,16)(H,18,19);;/q;2*+1/p-2/t7-;;/m0../s1. The number of benzene rings is 1. The molecule has 1 rings (SSSR count). The Morgan fingerprint density at radius 3 is 2.33 bits per heavy atom. The van der Waals surface area contributed by atoms with Gasteiger partial charge in [0.15, 0.2) is 0 Å². The summed E-state index contributed by atoms with van der Waals surface area (Å²) in [6.07, 6.45) is -0.669. The second kappa shape index (κ2) is 10.2. The molecule has 0 unspecified atom stereocenters. The van der Waals surface area contributed by atoms with Gasteiger partial charge in [-0.2, -0.15) is 0 Å². The molecule has 0 bridgehead atoms. The molecule has 1 aromatic rings. The van der Waals surface area contributed by atoms with Crippen molar-refractivity contribution in [2.45, 2.75) is 12.5 Å². The van der Waals surface area contributed by atoms with Gasteiger partial charge in [-0.25, -0.2) is 4.79 Å². The maximum Gasteiger partial charge on any atom is 1.00 e. The fraction of sp³-hybridized carbons (Fsp3) is 0.182. The van der Waals surface area contributed by atoms with Gasteiger partial charge in [0.1, 0.15) is 0 Å². The fourth-order valence-corrected chi connectivity index (χ4v) is 1.28. The summed E-state index contributed by atoms with van der Waals surface area (Å²) >= 11 is 0. The zero-order valence-corrected chi connectivity index (χ0v) is 15.6. The summed E-state index contributed by atoms with van der Waals surface area (Å²) in [5.74, 6) is -4.44. The number of anilines is 1. The number of carbonyl (C=O) groups is 3. The molecule has 1 atom stereocenters. The van der Waals surface area contributed by atoms with Crippen LogP contribution in [0.25, 0.3) is 0 Å².